The van der Waals surface area contributed by atoms with Gasteiger partial charge in [-0.3, -0.25) is 4.79 Å². The minimum absolute atomic E-state index is 0.0132. The zero-order valence-electron chi connectivity index (χ0n) is 19.1. The smallest absolute Gasteiger partial charge is 0.417 e. The van der Waals surface area contributed by atoms with E-state index in [9.17, 15) is 18.0 Å². The summed E-state index contributed by atoms with van der Waals surface area (Å²) in [5, 5.41) is 12.8. The molecule has 1 atom stereocenters. The number of hydrogen-bond acceptors (Lipinski definition) is 4. The minimum atomic E-state index is -4.57. The van der Waals surface area contributed by atoms with Crippen molar-refractivity contribution in [2.75, 3.05) is 0 Å². The number of carbonyl (C=O) groups is 1. The Bertz CT molecular complexity index is 1340. The zero-order chi connectivity index (χ0) is 25.2. The molecule has 3 aromatic carbocycles. The Morgan fingerprint density at radius 2 is 1.69 bits per heavy atom. The molecule has 1 N–H and O–H groups in total. The van der Waals surface area contributed by atoms with Crippen molar-refractivity contribution in [3.05, 3.63) is 83.4 Å². The highest BCUT2D eigenvalue weighted by Gasteiger charge is 2.34. The van der Waals surface area contributed by atoms with Crippen LogP contribution in [0.25, 0.3) is 34.0 Å². The Balaban J connectivity index is 1.62. The number of nitrogens with zero attached hydrogens (tertiary/aromatic N) is 2. The number of halogens is 3. The van der Waals surface area contributed by atoms with Crippen molar-refractivity contribution < 1.29 is 27.6 Å². The summed E-state index contributed by atoms with van der Waals surface area (Å²) in [7, 11) is 0. The predicted octanol–water partition coefficient (Wildman–Crippen LogP) is 7.37. The Morgan fingerprint density at radius 3 is 2.34 bits per heavy atom. The van der Waals surface area contributed by atoms with Crippen molar-refractivity contribution in [2.45, 2.75) is 38.8 Å². The van der Waals surface area contributed by atoms with Gasteiger partial charge in [-0.1, -0.05) is 66.7 Å². The summed E-state index contributed by atoms with van der Waals surface area (Å²) in [5.41, 5.74) is 2.35. The molecule has 0 saturated carbocycles. The van der Waals surface area contributed by atoms with Crippen LogP contribution in [0.2, 0.25) is 0 Å². The summed E-state index contributed by atoms with van der Waals surface area (Å²) in [6.07, 6.45) is -3.97. The summed E-state index contributed by atoms with van der Waals surface area (Å²) in [5.74, 6) is -0.538. The Labute approximate surface area is 200 Å². The molecule has 0 fully saturated rings. The van der Waals surface area contributed by atoms with E-state index < -0.39 is 17.7 Å². The van der Waals surface area contributed by atoms with Crippen LogP contribution in [0.5, 0.6) is 0 Å². The molecule has 4 rings (SSSR count). The van der Waals surface area contributed by atoms with Crippen molar-refractivity contribution >= 4 is 5.97 Å². The lowest BCUT2D eigenvalue weighted by Crippen LogP contribution is -2.08. The van der Waals surface area contributed by atoms with E-state index >= 15 is 0 Å². The molecular weight excluding hydrogens is 457 g/mol. The number of hydrogen-bond donors (Lipinski definition) is 1. The maximum atomic E-state index is 13.9. The van der Waals surface area contributed by atoms with Gasteiger partial charge in [0.05, 0.1) is 5.56 Å². The number of alkyl halides is 3. The first kappa shape index (κ1) is 24.2. The van der Waals surface area contributed by atoms with Crippen LogP contribution in [0.3, 0.4) is 0 Å². The van der Waals surface area contributed by atoms with E-state index in [0.29, 0.717) is 17.5 Å². The second kappa shape index (κ2) is 9.74. The van der Waals surface area contributed by atoms with Gasteiger partial charge in [-0.05, 0) is 53.6 Å². The summed E-state index contributed by atoms with van der Waals surface area (Å²) < 4.78 is 47.1. The van der Waals surface area contributed by atoms with Gasteiger partial charge in [-0.15, -0.1) is 0 Å². The molecule has 5 nitrogen and oxygen atoms in total. The first-order chi connectivity index (χ1) is 16.6. The van der Waals surface area contributed by atoms with Gasteiger partial charge in [0.1, 0.15) is 0 Å². The molecule has 0 amide bonds. The number of aryl methyl sites for hydroxylation is 1. The molecule has 0 radical (unpaired) electrons. The quantitative estimate of drug-likeness (QED) is 0.299. The van der Waals surface area contributed by atoms with Crippen LogP contribution in [-0.2, 0) is 11.0 Å². The molecule has 0 aliphatic rings. The molecule has 8 heteroatoms. The predicted molar refractivity (Wildman–Crippen MR) is 126 cm³/mol. The van der Waals surface area contributed by atoms with Crippen molar-refractivity contribution in [2.24, 2.45) is 0 Å². The average Bonchev–Trinajstić information content (AvgIpc) is 3.32. The third-order valence-corrected chi connectivity index (χ3v) is 5.96. The molecule has 0 aliphatic heterocycles. The molecule has 180 valence electrons. The number of aromatic nitrogens is 2. The van der Waals surface area contributed by atoms with E-state index in [1.165, 1.54) is 6.07 Å². The highest BCUT2D eigenvalue weighted by Crippen LogP contribution is 2.40. The van der Waals surface area contributed by atoms with Gasteiger partial charge in [-0.25, -0.2) is 0 Å². The van der Waals surface area contributed by atoms with Gasteiger partial charge in [0.25, 0.3) is 5.89 Å². The second-order valence-electron chi connectivity index (χ2n) is 8.45. The molecule has 0 aliphatic carbocycles. The number of benzene rings is 3. The minimum Gasteiger partial charge on any atom is -0.481 e. The molecular formula is C27H23F3N2O3. The number of aliphatic carboxylic acids is 1. The van der Waals surface area contributed by atoms with Crippen molar-refractivity contribution in [1.82, 2.24) is 10.1 Å². The van der Waals surface area contributed by atoms with E-state index in [1.807, 2.05) is 19.1 Å². The molecule has 0 spiro atoms. The fraction of sp³-hybridized carbons (Fsp3) is 0.222. The van der Waals surface area contributed by atoms with Crippen LogP contribution < -0.4 is 0 Å². The summed E-state index contributed by atoms with van der Waals surface area (Å²) in [6, 6.07) is 18.2. The molecule has 4 aromatic rings. The van der Waals surface area contributed by atoms with Crippen LogP contribution >= 0.6 is 0 Å². The van der Waals surface area contributed by atoms with Gasteiger partial charge in [-0.2, -0.15) is 18.2 Å². The van der Waals surface area contributed by atoms with Gasteiger partial charge in [0, 0.05) is 17.5 Å². The monoisotopic (exact) mass is 480 g/mol. The molecule has 0 saturated heterocycles. The van der Waals surface area contributed by atoms with Gasteiger partial charge in [0.2, 0.25) is 5.82 Å². The standard InChI is InChI=1S/C27H23F3N2O3/c1-16(7-14-24(33)34)18-8-10-19(11-9-18)25-31-26(35-32-25)20-12-13-22(23(15-20)27(28,29)30)21-6-4-3-5-17(21)2/h3-6,8-13,15-16H,7,14H2,1-2H3,(H,33,34)/t16-/m0/s1. The largest absolute Gasteiger partial charge is 0.481 e. The van der Waals surface area contributed by atoms with Crippen LogP contribution in [0, 0.1) is 6.92 Å². The van der Waals surface area contributed by atoms with Crippen LogP contribution in [0.1, 0.15) is 42.4 Å². The Kier molecular flexibility index (Phi) is 6.73. The normalized spacial score (nSPS) is 12.5. The third-order valence-electron chi connectivity index (χ3n) is 5.96. The summed E-state index contributed by atoms with van der Waals surface area (Å²) in [4.78, 5) is 15.1. The van der Waals surface area contributed by atoms with Crippen molar-refractivity contribution in [3.8, 4) is 34.0 Å². The van der Waals surface area contributed by atoms with Crippen molar-refractivity contribution in [3.63, 3.8) is 0 Å². The molecule has 35 heavy (non-hydrogen) atoms. The first-order valence-electron chi connectivity index (χ1n) is 11.1. The lowest BCUT2D eigenvalue weighted by atomic mass is 9.94. The van der Waals surface area contributed by atoms with E-state index in [4.69, 9.17) is 9.63 Å². The fourth-order valence-electron chi connectivity index (χ4n) is 3.95. The Hall–Kier alpha value is -3.94. The summed E-state index contributed by atoms with van der Waals surface area (Å²) >= 11 is 0. The lowest BCUT2D eigenvalue weighted by molar-refractivity contribution is -0.138. The average molecular weight is 480 g/mol. The Morgan fingerprint density at radius 1 is 1.00 bits per heavy atom. The third kappa shape index (κ3) is 5.42. The zero-order valence-corrected chi connectivity index (χ0v) is 19.1. The molecule has 0 unspecified atom stereocenters. The van der Waals surface area contributed by atoms with Gasteiger partial charge >= 0.3 is 12.1 Å². The number of carboxylic acids is 1. The number of rotatable bonds is 7. The highest BCUT2D eigenvalue weighted by molar-refractivity contribution is 5.74. The lowest BCUT2D eigenvalue weighted by Gasteiger charge is -2.15. The number of carboxylic acid groups (broad SMARTS) is 1. The molecule has 0 bridgehead atoms. The van der Waals surface area contributed by atoms with E-state index in [1.54, 1.807) is 49.4 Å². The van der Waals surface area contributed by atoms with Gasteiger partial charge in [0.15, 0.2) is 0 Å². The van der Waals surface area contributed by atoms with Crippen LogP contribution in [0.4, 0.5) is 13.2 Å². The maximum absolute atomic E-state index is 13.9. The second-order valence-corrected chi connectivity index (χ2v) is 8.45. The molecule has 1 heterocycles. The SMILES string of the molecule is Cc1ccccc1-c1ccc(-c2nc(-c3ccc([C@@H](C)CCC(=O)O)cc3)no2)cc1C(F)(F)F. The topological polar surface area (TPSA) is 76.2 Å². The molecule has 1 aromatic heterocycles. The maximum Gasteiger partial charge on any atom is 0.417 e. The van der Waals surface area contributed by atoms with Crippen molar-refractivity contribution in [1.29, 1.82) is 0 Å². The van der Waals surface area contributed by atoms with Gasteiger partial charge < -0.3 is 9.63 Å². The van der Waals surface area contributed by atoms with E-state index in [0.717, 1.165) is 17.2 Å². The fourth-order valence-corrected chi connectivity index (χ4v) is 3.95. The van der Waals surface area contributed by atoms with Crippen LogP contribution in [0.15, 0.2) is 71.3 Å². The first-order valence-corrected chi connectivity index (χ1v) is 11.1. The van der Waals surface area contributed by atoms with E-state index in [2.05, 4.69) is 10.1 Å². The van der Waals surface area contributed by atoms with E-state index in [-0.39, 0.29) is 35.2 Å². The van der Waals surface area contributed by atoms with Crippen LogP contribution in [-0.4, -0.2) is 21.2 Å². The highest BCUT2D eigenvalue weighted by atomic mass is 19.4. The summed E-state index contributed by atoms with van der Waals surface area (Å²) in [6.45, 7) is 3.72.